The molecule has 0 saturated heterocycles. The summed E-state index contributed by atoms with van der Waals surface area (Å²) in [6.45, 7) is 6.53. The van der Waals surface area contributed by atoms with Crippen LogP contribution in [-0.4, -0.2) is 15.0 Å². The minimum Gasteiger partial charge on any atom is -0.365 e. The Kier molecular flexibility index (Phi) is 4.76. The molecule has 0 bridgehead atoms. The number of nitrogens with one attached hydrogen (secondary N) is 2. The van der Waals surface area contributed by atoms with Crippen LogP contribution in [-0.2, 0) is 13.0 Å². The number of aromatic nitrogens is 3. The van der Waals surface area contributed by atoms with Crippen molar-refractivity contribution in [3.8, 4) is 11.4 Å². The molecule has 0 aliphatic rings. The maximum absolute atomic E-state index is 11.9. The first-order valence-electron chi connectivity index (χ1n) is 7.92. The van der Waals surface area contributed by atoms with Crippen LogP contribution in [0.2, 0.25) is 0 Å². The summed E-state index contributed by atoms with van der Waals surface area (Å²) >= 11 is 1.82. The van der Waals surface area contributed by atoms with Gasteiger partial charge >= 0.3 is 0 Å². The van der Waals surface area contributed by atoms with Crippen molar-refractivity contribution in [2.24, 2.45) is 0 Å². The Morgan fingerprint density at radius 2 is 1.96 bits per heavy atom. The Bertz CT molecular complexity index is 896. The van der Waals surface area contributed by atoms with Gasteiger partial charge < -0.3 is 10.3 Å². The Morgan fingerprint density at radius 1 is 1.17 bits per heavy atom. The number of hydrogen-bond acceptors (Lipinski definition) is 5. The predicted molar refractivity (Wildman–Crippen MR) is 98.6 cm³/mol. The van der Waals surface area contributed by atoms with Gasteiger partial charge in [0.2, 0.25) is 0 Å². The number of rotatable bonds is 5. The Hall–Kier alpha value is -2.47. The van der Waals surface area contributed by atoms with Crippen LogP contribution in [0.15, 0.2) is 35.3 Å². The number of aryl methyl sites for hydroxylation is 2. The van der Waals surface area contributed by atoms with E-state index in [2.05, 4.69) is 39.3 Å². The van der Waals surface area contributed by atoms with Crippen LogP contribution in [0, 0.1) is 13.8 Å². The van der Waals surface area contributed by atoms with Crippen LogP contribution >= 0.6 is 11.3 Å². The Labute approximate surface area is 144 Å². The zero-order valence-corrected chi connectivity index (χ0v) is 14.8. The number of H-pyrrole nitrogens is 1. The molecule has 24 heavy (non-hydrogen) atoms. The highest BCUT2D eigenvalue weighted by Crippen LogP contribution is 2.19. The van der Waals surface area contributed by atoms with E-state index < -0.39 is 0 Å². The smallest absolute Gasteiger partial charge is 0.254 e. The summed E-state index contributed by atoms with van der Waals surface area (Å²) in [4.78, 5) is 26.2. The van der Waals surface area contributed by atoms with Crippen molar-refractivity contribution in [3.05, 3.63) is 61.8 Å². The number of anilines is 1. The molecule has 3 aromatic heterocycles. The summed E-state index contributed by atoms with van der Waals surface area (Å²) in [6, 6.07) is 8.13. The van der Waals surface area contributed by atoms with Crippen molar-refractivity contribution in [3.63, 3.8) is 0 Å². The molecule has 0 aliphatic carbocycles. The summed E-state index contributed by atoms with van der Waals surface area (Å²) in [5.41, 5.74) is 2.07. The van der Waals surface area contributed by atoms with E-state index in [-0.39, 0.29) is 5.56 Å². The maximum Gasteiger partial charge on any atom is 0.254 e. The van der Waals surface area contributed by atoms with Gasteiger partial charge in [0.1, 0.15) is 11.6 Å². The molecule has 0 amide bonds. The van der Waals surface area contributed by atoms with Crippen molar-refractivity contribution in [1.29, 1.82) is 0 Å². The van der Waals surface area contributed by atoms with E-state index in [1.807, 2.05) is 30.4 Å². The highest BCUT2D eigenvalue weighted by atomic mass is 32.1. The molecule has 0 spiro atoms. The van der Waals surface area contributed by atoms with Crippen LogP contribution in [0.4, 0.5) is 5.82 Å². The van der Waals surface area contributed by atoms with E-state index in [1.54, 1.807) is 13.1 Å². The third-order valence-corrected chi connectivity index (χ3v) is 5.17. The molecule has 0 radical (unpaired) electrons. The fourth-order valence-electron chi connectivity index (χ4n) is 2.31. The lowest BCUT2D eigenvalue weighted by Gasteiger charge is -2.06. The number of pyridine rings is 1. The van der Waals surface area contributed by atoms with E-state index in [0.29, 0.717) is 11.4 Å². The lowest BCUT2D eigenvalue weighted by atomic mass is 10.2. The third-order valence-electron chi connectivity index (χ3n) is 3.94. The average Bonchev–Trinajstić information content (AvgIpc) is 3.06. The van der Waals surface area contributed by atoms with Gasteiger partial charge in [-0.25, -0.2) is 9.97 Å². The van der Waals surface area contributed by atoms with E-state index in [9.17, 15) is 4.79 Å². The van der Waals surface area contributed by atoms with Crippen molar-refractivity contribution < 1.29 is 0 Å². The first-order valence-corrected chi connectivity index (χ1v) is 8.74. The SMILES string of the molecule is CCc1ccc(CNc2ccc(-c3nc(C)c(C)c(=O)[nH]3)cn2)s1. The predicted octanol–water partition coefficient (Wildman–Crippen LogP) is 3.68. The minimum absolute atomic E-state index is 0.107. The zero-order chi connectivity index (χ0) is 17.1. The van der Waals surface area contributed by atoms with Gasteiger partial charge in [-0.3, -0.25) is 4.79 Å². The van der Waals surface area contributed by atoms with Gasteiger partial charge in [-0.2, -0.15) is 0 Å². The normalized spacial score (nSPS) is 10.8. The molecule has 3 heterocycles. The lowest BCUT2D eigenvalue weighted by molar-refractivity contribution is 1.03. The van der Waals surface area contributed by atoms with E-state index in [0.717, 1.165) is 30.0 Å². The molecule has 0 unspecified atom stereocenters. The minimum atomic E-state index is -0.107. The van der Waals surface area contributed by atoms with Gasteiger partial charge in [0, 0.05) is 32.8 Å². The van der Waals surface area contributed by atoms with Gasteiger partial charge in [0.25, 0.3) is 5.56 Å². The first-order chi connectivity index (χ1) is 11.6. The quantitative estimate of drug-likeness (QED) is 0.743. The summed E-state index contributed by atoms with van der Waals surface area (Å²) in [6.07, 6.45) is 2.79. The molecule has 0 saturated carbocycles. The van der Waals surface area contributed by atoms with Crippen molar-refractivity contribution >= 4 is 17.2 Å². The zero-order valence-electron chi connectivity index (χ0n) is 14.0. The molecule has 6 heteroatoms. The average molecular weight is 340 g/mol. The maximum atomic E-state index is 11.9. The molecule has 0 aromatic carbocycles. The molecule has 0 aliphatic heterocycles. The Balaban J connectivity index is 1.72. The molecular formula is C18H20N4OS. The molecule has 2 N–H and O–H groups in total. The fraction of sp³-hybridized carbons (Fsp3) is 0.278. The second kappa shape index (κ2) is 6.97. The van der Waals surface area contributed by atoms with Crippen molar-refractivity contribution in [2.45, 2.75) is 33.7 Å². The summed E-state index contributed by atoms with van der Waals surface area (Å²) in [5.74, 6) is 1.35. The van der Waals surface area contributed by atoms with E-state index >= 15 is 0 Å². The second-order valence-corrected chi connectivity index (χ2v) is 6.89. The van der Waals surface area contributed by atoms with E-state index in [4.69, 9.17) is 0 Å². The highest BCUT2D eigenvalue weighted by Gasteiger charge is 2.07. The topological polar surface area (TPSA) is 70.7 Å². The van der Waals surface area contributed by atoms with Gasteiger partial charge in [0.15, 0.2) is 0 Å². The molecule has 0 fully saturated rings. The summed E-state index contributed by atoms with van der Waals surface area (Å²) in [7, 11) is 0. The van der Waals surface area contributed by atoms with Crippen molar-refractivity contribution in [1.82, 2.24) is 15.0 Å². The Morgan fingerprint density at radius 3 is 2.58 bits per heavy atom. The second-order valence-electron chi connectivity index (χ2n) is 5.63. The highest BCUT2D eigenvalue weighted by molar-refractivity contribution is 7.12. The molecule has 5 nitrogen and oxygen atoms in total. The third kappa shape index (κ3) is 3.54. The summed E-state index contributed by atoms with van der Waals surface area (Å²) < 4.78 is 0. The van der Waals surface area contributed by atoms with Crippen LogP contribution in [0.3, 0.4) is 0 Å². The number of aromatic amines is 1. The van der Waals surface area contributed by atoms with Gasteiger partial charge in [0.05, 0.1) is 6.54 Å². The van der Waals surface area contributed by atoms with E-state index in [1.165, 1.54) is 9.75 Å². The van der Waals surface area contributed by atoms with Gasteiger partial charge in [-0.1, -0.05) is 6.92 Å². The largest absolute Gasteiger partial charge is 0.365 e. The van der Waals surface area contributed by atoms with Crippen LogP contribution in [0.25, 0.3) is 11.4 Å². The van der Waals surface area contributed by atoms with Crippen LogP contribution in [0.1, 0.15) is 27.9 Å². The van der Waals surface area contributed by atoms with Crippen LogP contribution in [0.5, 0.6) is 0 Å². The molecule has 3 aromatic rings. The standard InChI is InChI=1S/C18H20N4OS/c1-4-14-6-7-15(24-14)10-20-16-8-5-13(9-19-16)17-21-12(3)11(2)18(23)22-17/h5-9H,4,10H2,1-3H3,(H,19,20)(H,21,22,23). The first kappa shape index (κ1) is 16.4. The monoisotopic (exact) mass is 340 g/mol. The molecule has 0 atom stereocenters. The van der Waals surface area contributed by atoms with Crippen LogP contribution < -0.4 is 10.9 Å². The molecule has 3 rings (SSSR count). The molecular weight excluding hydrogens is 320 g/mol. The number of thiophene rings is 1. The van der Waals surface area contributed by atoms with Crippen molar-refractivity contribution in [2.75, 3.05) is 5.32 Å². The van der Waals surface area contributed by atoms with Gasteiger partial charge in [-0.15, -0.1) is 11.3 Å². The molecule has 124 valence electrons. The summed E-state index contributed by atoms with van der Waals surface area (Å²) in [5, 5.41) is 3.32. The van der Waals surface area contributed by atoms with Gasteiger partial charge in [-0.05, 0) is 44.5 Å². The number of nitrogens with zero attached hydrogens (tertiary/aromatic N) is 2. The lowest BCUT2D eigenvalue weighted by Crippen LogP contribution is -2.14. The number of hydrogen-bond donors (Lipinski definition) is 2. The fourth-order valence-corrected chi connectivity index (χ4v) is 3.20.